The number of hydrogen-bond acceptors (Lipinski definition) is 4. The summed E-state index contributed by atoms with van der Waals surface area (Å²) in [4.78, 5) is 21.8. The molecule has 7 heteroatoms. The van der Waals surface area contributed by atoms with Crippen molar-refractivity contribution in [2.75, 3.05) is 18.4 Å². The maximum absolute atomic E-state index is 13.1. The van der Waals surface area contributed by atoms with Crippen LogP contribution >= 0.6 is 0 Å². The molecule has 6 nitrogen and oxygen atoms in total. The number of primary amides is 1. The van der Waals surface area contributed by atoms with E-state index in [9.17, 15) is 9.18 Å². The topological polar surface area (TPSA) is 84.1 Å². The number of fused-ring (bicyclic) bond motifs is 1. The number of carbonyl (C=O) groups excluding carboxylic acids is 1. The number of amides is 2. The third-order valence-electron chi connectivity index (χ3n) is 4.57. The molecule has 1 aliphatic heterocycles. The van der Waals surface area contributed by atoms with Crippen LogP contribution in [0.25, 0.3) is 0 Å². The molecule has 3 rings (SSSR count). The Kier molecular flexibility index (Phi) is 4.57. The van der Waals surface area contributed by atoms with Crippen LogP contribution in [0.1, 0.15) is 30.7 Å². The molecule has 1 aromatic carbocycles. The molecule has 0 unspecified atom stereocenters. The highest BCUT2D eigenvalue weighted by molar-refractivity contribution is 5.72. The molecule has 3 N–H and O–H groups in total. The Morgan fingerprint density at radius 2 is 2.08 bits per heavy atom. The predicted molar refractivity (Wildman–Crippen MR) is 93.6 cm³/mol. The Labute approximate surface area is 146 Å². The number of carbonyl (C=O) groups is 1. The van der Waals surface area contributed by atoms with E-state index in [1.807, 2.05) is 0 Å². The van der Waals surface area contributed by atoms with Gasteiger partial charge in [0.15, 0.2) is 0 Å². The van der Waals surface area contributed by atoms with Crippen molar-refractivity contribution in [2.24, 2.45) is 5.73 Å². The van der Waals surface area contributed by atoms with Crippen molar-refractivity contribution in [3.8, 4) is 0 Å². The van der Waals surface area contributed by atoms with Gasteiger partial charge in [-0.2, -0.15) is 0 Å². The number of halogens is 1. The normalized spacial score (nSPS) is 14.1. The third-order valence-corrected chi connectivity index (χ3v) is 4.57. The van der Waals surface area contributed by atoms with E-state index >= 15 is 0 Å². The lowest BCUT2D eigenvalue weighted by molar-refractivity contribution is 0.201. The minimum atomic E-state index is -0.434. The predicted octanol–water partition coefficient (Wildman–Crippen LogP) is 2.44. The van der Waals surface area contributed by atoms with E-state index in [-0.39, 0.29) is 11.2 Å². The number of anilines is 1. The zero-order chi connectivity index (χ0) is 18.0. The van der Waals surface area contributed by atoms with Crippen LogP contribution in [0.2, 0.25) is 0 Å². The van der Waals surface area contributed by atoms with E-state index in [1.165, 1.54) is 12.1 Å². The molecule has 0 fully saturated rings. The van der Waals surface area contributed by atoms with Crippen molar-refractivity contribution >= 4 is 12.0 Å². The van der Waals surface area contributed by atoms with Gasteiger partial charge in [0, 0.05) is 24.7 Å². The molecule has 0 atom stereocenters. The van der Waals surface area contributed by atoms with E-state index in [0.717, 1.165) is 16.8 Å². The Hall–Kier alpha value is -2.70. The fraction of sp³-hybridized carbons (Fsp3) is 0.389. The SMILES string of the molecule is CC(C)(CNc1ncc2c(n1)CN(C(N)=O)CC2)c1ccc(F)cc1. The summed E-state index contributed by atoms with van der Waals surface area (Å²) >= 11 is 0. The van der Waals surface area contributed by atoms with Gasteiger partial charge < -0.3 is 16.0 Å². The first-order valence-corrected chi connectivity index (χ1v) is 8.24. The molecule has 0 bridgehead atoms. The molecule has 0 saturated heterocycles. The molecule has 2 amide bonds. The summed E-state index contributed by atoms with van der Waals surface area (Å²) in [6.45, 7) is 5.73. The average molecular weight is 343 g/mol. The Bertz CT molecular complexity index is 776. The Balaban J connectivity index is 1.70. The van der Waals surface area contributed by atoms with Crippen molar-refractivity contribution in [3.63, 3.8) is 0 Å². The van der Waals surface area contributed by atoms with Crippen LogP contribution in [0.4, 0.5) is 15.1 Å². The lowest BCUT2D eigenvalue weighted by Crippen LogP contribution is -2.40. The summed E-state index contributed by atoms with van der Waals surface area (Å²) in [5, 5.41) is 3.24. The van der Waals surface area contributed by atoms with Crippen molar-refractivity contribution in [1.29, 1.82) is 0 Å². The van der Waals surface area contributed by atoms with Gasteiger partial charge in [0.05, 0.1) is 12.2 Å². The highest BCUT2D eigenvalue weighted by Gasteiger charge is 2.23. The van der Waals surface area contributed by atoms with Crippen LogP contribution in [0.3, 0.4) is 0 Å². The molecule has 2 aromatic rings. The molecule has 132 valence electrons. The van der Waals surface area contributed by atoms with E-state index < -0.39 is 6.03 Å². The van der Waals surface area contributed by atoms with E-state index in [4.69, 9.17) is 5.73 Å². The van der Waals surface area contributed by atoms with Crippen molar-refractivity contribution < 1.29 is 9.18 Å². The fourth-order valence-corrected chi connectivity index (χ4v) is 2.88. The highest BCUT2D eigenvalue weighted by Crippen LogP contribution is 2.24. The molecular formula is C18H22FN5O. The second-order valence-electron chi connectivity index (χ2n) is 6.92. The maximum atomic E-state index is 13.1. The lowest BCUT2D eigenvalue weighted by atomic mass is 9.84. The average Bonchev–Trinajstić information content (AvgIpc) is 2.59. The smallest absolute Gasteiger partial charge is 0.315 e. The van der Waals surface area contributed by atoms with Gasteiger partial charge in [-0.3, -0.25) is 0 Å². The zero-order valence-corrected chi connectivity index (χ0v) is 14.4. The van der Waals surface area contributed by atoms with Gasteiger partial charge >= 0.3 is 6.03 Å². The zero-order valence-electron chi connectivity index (χ0n) is 14.4. The molecule has 0 saturated carbocycles. The minimum Gasteiger partial charge on any atom is -0.353 e. The van der Waals surface area contributed by atoms with Gasteiger partial charge in [0.1, 0.15) is 5.82 Å². The standard InChI is InChI=1S/C18H22FN5O/c1-18(2,13-3-5-14(19)6-4-13)11-22-17-21-9-12-7-8-24(16(20)25)10-15(12)23-17/h3-6,9H,7-8,10-11H2,1-2H3,(H2,20,25)(H,21,22,23). The first-order valence-electron chi connectivity index (χ1n) is 8.24. The fourth-order valence-electron chi connectivity index (χ4n) is 2.88. The van der Waals surface area contributed by atoms with Crippen molar-refractivity contribution in [2.45, 2.75) is 32.2 Å². The largest absolute Gasteiger partial charge is 0.353 e. The van der Waals surface area contributed by atoms with Gasteiger partial charge in [-0.1, -0.05) is 26.0 Å². The number of nitrogens with one attached hydrogen (secondary N) is 1. The number of rotatable bonds is 4. The maximum Gasteiger partial charge on any atom is 0.315 e. The molecule has 0 aliphatic carbocycles. The van der Waals surface area contributed by atoms with Gasteiger partial charge in [0.2, 0.25) is 5.95 Å². The Morgan fingerprint density at radius 1 is 1.36 bits per heavy atom. The quantitative estimate of drug-likeness (QED) is 0.893. The second kappa shape index (κ2) is 6.66. The minimum absolute atomic E-state index is 0.216. The lowest BCUT2D eigenvalue weighted by Gasteiger charge is -2.28. The van der Waals surface area contributed by atoms with Crippen LogP contribution in [-0.2, 0) is 18.4 Å². The third kappa shape index (κ3) is 3.87. The van der Waals surface area contributed by atoms with Gasteiger partial charge in [-0.05, 0) is 29.7 Å². The summed E-state index contributed by atoms with van der Waals surface area (Å²) in [7, 11) is 0. The molecule has 25 heavy (non-hydrogen) atoms. The summed E-state index contributed by atoms with van der Waals surface area (Å²) < 4.78 is 13.1. The monoisotopic (exact) mass is 343 g/mol. The van der Waals surface area contributed by atoms with Crippen LogP contribution in [0, 0.1) is 5.82 Å². The van der Waals surface area contributed by atoms with E-state index in [2.05, 4.69) is 29.1 Å². The van der Waals surface area contributed by atoms with Gasteiger partial charge in [-0.25, -0.2) is 19.2 Å². The highest BCUT2D eigenvalue weighted by atomic mass is 19.1. The van der Waals surface area contributed by atoms with Crippen LogP contribution in [0.5, 0.6) is 0 Å². The Morgan fingerprint density at radius 3 is 2.76 bits per heavy atom. The van der Waals surface area contributed by atoms with Crippen LogP contribution in [0.15, 0.2) is 30.5 Å². The molecule has 1 aromatic heterocycles. The first kappa shape index (κ1) is 17.1. The number of benzene rings is 1. The molecule has 0 radical (unpaired) electrons. The van der Waals surface area contributed by atoms with Gasteiger partial charge in [0.25, 0.3) is 0 Å². The van der Waals surface area contributed by atoms with E-state index in [0.29, 0.717) is 32.0 Å². The number of nitrogens with zero attached hydrogens (tertiary/aromatic N) is 3. The van der Waals surface area contributed by atoms with Crippen LogP contribution in [-0.4, -0.2) is 34.0 Å². The van der Waals surface area contributed by atoms with Crippen LogP contribution < -0.4 is 11.1 Å². The molecule has 2 heterocycles. The first-order chi connectivity index (χ1) is 11.8. The summed E-state index contributed by atoms with van der Waals surface area (Å²) in [5.74, 6) is 0.268. The number of hydrogen-bond donors (Lipinski definition) is 2. The summed E-state index contributed by atoms with van der Waals surface area (Å²) in [6, 6.07) is 6.07. The second-order valence-corrected chi connectivity index (χ2v) is 6.92. The number of aromatic nitrogens is 2. The number of nitrogens with two attached hydrogens (primary N) is 1. The molecular weight excluding hydrogens is 321 g/mol. The summed E-state index contributed by atoms with van der Waals surface area (Å²) in [5.41, 5.74) is 8.03. The molecule has 1 aliphatic rings. The van der Waals surface area contributed by atoms with E-state index in [1.54, 1.807) is 23.2 Å². The number of urea groups is 1. The molecule has 0 spiro atoms. The van der Waals surface area contributed by atoms with Crippen molar-refractivity contribution in [3.05, 3.63) is 53.1 Å². The summed E-state index contributed by atoms with van der Waals surface area (Å²) in [6.07, 6.45) is 2.51. The van der Waals surface area contributed by atoms with Crippen molar-refractivity contribution in [1.82, 2.24) is 14.9 Å². The van der Waals surface area contributed by atoms with Gasteiger partial charge in [-0.15, -0.1) is 0 Å².